The molecule has 2 aliphatic rings. The average molecular weight is 316 g/mol. The fourth-order valence-corrected chi connectivity index (χ4v) is 5.08. The number of unbranched alkanes of at least 4 members (excludes halogenated alkanes) is 1. The van der Waals surface area contributed by atoms with Crippen molar-refractivity contribution in [3.8, 4) is 0 Å². The summed E-state index contributed by atoms with van der Waals surface area (Å²) in [5.74, 6) is 0.867. The highest BCUT2D eigenvalue weighted by atomic mass is 32.2. The molecular formula is C15H28N2O3S. The number of amides is 1. The van der Waals surface area contributed by atoms with Gasteiger partial charge in [-0.1, -0.05) is 20.3 Å². The molecule has 0 spiro atoms. The number of piperidine rings is 1. The molecule has 0 aromatic heterocycles. The molecule has 0 aromatic carbocycles. The van der Waals surface area contributed by atoms with Crippen LogP contribution < -0.4 is 0 Å². The SMILES string of the molecule is CCCCS(=O)(=O)N1CCC[C@H]1C(=O)N1CCC(C)CC1. The van der Waals surface area contributed by atoms with E-state index in [1.165, 1.54) is 4.31 Å². The number of sulfonamides is 1. The quantitative estimate of drug-likeness (QED) is 0.777. The van der Waals surface area contributed by atoms with Crippen LogP contribution in [0.15, 0.2) is 0 Å². The molecule has 21 heavy (non-hydrogen) atoms. The van der Waals surface area contributed by atoms with Crippen LogP contribution in [0.5, 0.6) is 0 Å². The molecule has 1 atom stereocenters. The lowest BCUT2D eigenvalue weighted by molar-refractivity contribution is -0.135. The Balaban J connectivity index is 2.02. The van der Waals surface area contributed by atoms with Gasteiger partial charge in [0.05, 0.1) is 5.75 Å². The average Bonchev–Trinajstić information content (AvgIpc) is 2.95. The smallest absolute Gasteiger partial charge is 0.241 e. The van der Waals surface area contributed by atoms with E-state index in [0.29, 0.717) is 25.3 Å². The zero-order valence-electron chi connectivity index (χ0n) is 13.3. The van der Waals surface area contributed by atoms with Gasteiger partial charge in [-0.15, -0.1) is 0 Å². The van der Waals surface area contributed by atoms with Crippen LogP contribution in [-0.4, -0.2) is 55.0 Å². The zero-order valence-corrected chi connectivity index (χ0v) is 14.1. The first-order chi connectivity index (χ1) is 9.95. The molecule has 0 radical (unpaired) electrons. The van der Waals surface area contributed by atoms with Gasteiger partial charge in [-0.05, 0) is 38.0 Å². The van der Waals surface area contributed by atoms with Gasteiger partial charge in [0.1, 0.15) is 6.04 Å². The first-order valence-corrected chi connectivity index (χ1v) is 9.85. The van der Waals surface area contributed by atoms with Gasteiger partial charge < -0.3 is 4.90 Å². The van der Waals surface area contributed by atoms with Crippen molar-refractivity contribution < 1.29 is 13.2 Å². The summed E-state index contributed by atoms with van der Waals surface area (Å²) in [6, 6.07) is -0.444. The molecule has 5 nitrogen and oxygen atoms in total. The number of nitrogens with zero attached hydrogens (tertiary/aromatic N) is 2. The second-order valence-corrected chi connectivity index (χ2v) is 8.49. The Labute approximate surface area is 128 Å². The number of hydrogen-bond donors (Lipinski definition) is 0. The molecule has 0 bridgehead atoms. The van der Waals surface area contributed by atoms with Crippen molar-refractivity contribution in [1.82, 2.24) is 9.21 Å². The predicted octanol–water partition coefficient (Wildman–Crippen LogP) is 1.84. The molecule has 0 saturated carbocycles. The second kappa shape index (κ2) is 7.09. The lowest BCUT2D eigenvalue weighted by Gasteiger charge is -2.34. The molecule has 2 rings (SSSR count). The topological polar surface area (TPSA) is 57.7 Å². The summed E-state index contributed by atoms with van der Waals surface area (Å²) < 4.78 is 26.3. The number of rotatable bonds is 5. The van der Waals surface area contributed by atoms with E-state index in [2.05, 4.69) is 6.92 Å². The van der Waals surface area contributed by atoms with E-state index < -0.39 is 16.1 Å². The summed E-state index contributed by atoms with van der Waals surface area (Å²) in [6.07, 6.45) is 5.06. The fraction of sp³-hybridized carbons (Fsp3) is 0.933. The first-order valence-electron chi connectivity index (χ1n) is 8.24. The fourth-order valence-electron chi connectivity index (χ4n) is 3.20. The molecule has 0 aromatic rings. The van der Waals surface area contributed by atoms with Gasteiger partial charge in [0.15, 0.2) is 0 Å². The van der Waals surface area contributed by atoms with Crippen molar-refractivity contribution in [3.63, 3.8) is 0 Å². The van der Waals surface area contributed by atoms with Crippen molar-refractivity contribution in [2.24, 2.45) is 5.92 Å². The summed E-state index contributed by atoms with van der Waals surface area (Å²) in [5.41, 5.74) is 0. The molecule has 1 amide bonds. The van der Waals surface area contributed by atoms with E-state index >= 15 is 0 Å². The molecule has 6 heteroatoms. The molecule has 2 saturated heterocycles. The van der Waals surface area contributed by atoms with E-state index in [1.54, 1.807) is 0 Å². The maximum Gasteiger partial charge on any atom is 0.241 e. The zero-order chi connectivity index (χ0) is 15.5. The summed E-state index contributed by atoms with van der Waals surface area (Å²) in [5, 5.41) is 0. The summed E-state index contributed by atoms with van der Waals surface area (Å²) in [7, 11) is -3.28. The molecule has 122 valence electrons. The normalized spacial score (nSPS) is 25.4. The van der Waals surface area contributed by atoms with Gasteiger partial charge >= 0.3 is 0 Å². The van der Waals surface area contributed by atoms with E-state index in [1.807, 2.05) is 11.8 Å². The third-order valence-electron chi connectivity index (χ3n) is 4.70. The monoisotopic (exact) mass is 316 g/mol. The minimum absolute atomic E-state index is 0.0273. The maximum atomic E-state index is 12.7. The Kier molecular flexibility index (Phi) is 5.66. The Morgan fingerprint density at radius 3 is 2.43 bits per heavy atom. The maximum absolute atomic E-state index is 12.7. The van der Waals surface area contributed by atoms with Gasteiger partial charge in [-0.2, -0.15) is 4.31 Å². The van der Waals surface area contributed by atoms with Crippen LogP contribution in [0.3, 0.4) is 0 Å². The standard InChI is InChI=1S/C15H28N2O3S/c1-3-4-12-21(19,20)17-9-5-6-14(17)15(18)16-10-7-13(2)8-11-16/h13-14H,3-12H2,1-2H3/t14-/m0/s1. The summed E-state index contributed by atoms with van der Waals surface area (Å²) in [6.45, 7) is 6.25. The van der Waals surface area contributed by atoms with Crippen molar-refractivity contribution >= 4 is 15.9 Å². The highest BCUT2D eigenvalue weighted by Crippen LogP contribution is 2.26. The van der Waals surface area contributed by atoms with Crippen LogP contribution in [0.1, 0.15) is 52.4 Å². The molecule has 2 heterocycles. The highest BCUT2D eigenvalue weighted by molar-refractivity contribution is 7.89. The number of hydrogen-bond acceptors (Lipinski definition) is 3. The lowest BCUT2D eigenvalue weighted by Crippen LogP contribution is -2.50. The molecule has 2 aliphatic heterocycles. The number of likely N-dealkylation sites (tertiary alicyclic amines) is 1. The minimum Gasteiger partial charge on any atom is -0.341 e. The van der Waals surface area contributed by atoms with Crippen LogP contribution in [0.25, 0.3) is 0 Å². The molecule has 0 unspecified atom stereocenters. The third-order valence-corrected chi connectivity index (χ3v) is 6.65. The van der Waals surface area contributed by atoms with Crippen molar-refractivity contribution in [1.29, 1.82) is 0 Å². The number of carbonyl (C=O) groups is 1. The molecule has 0 aliphatic carbocycles. The van der Waals surface area contributed by atoms with Crippen LogP contribution in [0, 0.1) is 5.92 Å². The highest BCUT2D eigenvalue weighted by Gasteiger charge is 2.40. The summed E-state index contributed by atoms with van der Waals surface area (Å²) in [4.78, 5) is 14.5. The first kappa shape index (κ1) is 16.7. The van der Waals surface area contributed by atoms with Crippen LogP contribution >= 0.6 is 0 Å². The van der Waals surface area contributed by atoms with Gasteiger partial charge in [-0.25, -0.2) is 8.42 Å². The van der Waals surface area contributed by atoms with Crippen molar-refractivity contribution in [3.05, 3.63) is 0 Å². The summed E-state index contributed by atoms with van der Waals surface area (Å²) >= 11 is 0. The molecule has 0 N–H and O–H groups in total. The van der Waals surface area contributed by atoms with Gasteiger partial charge in [-0.3, -0.25) is 4.79 Å². The Hall–Kier alpha value is -0.620. The third kappa shape index (κ3) is 3.97. The number of carbonyl (C=O) groups excluding carboxylic acids is 1. The largest absolute Gasteiger partial charge is 0.341 e. The molecule has 2 fully saturated rings. The second-order valence-electron chi connectivity index (χ2n) is 6.45. The van der Waals surface area contributed by atoms with E-state index in [4.69, 9.17) is 0 Å². The van der Waals surface area contributed by atoms with Gasteiger partial charge in [0.2, 0.25) is 15.9 Å². The molecular weight excluding hydrogens is 288 g/mol. The lowest BCUT2D eigenvalue weighted by atomic mass is 9.98. The van der Waals surface area contributed by atoms with E-state index in [0.717, 1.165) is 38.8 Å². The van der Waals surface area contributed by atoms with Gasteiger partial charge in [0.25, 0.3) is 0 Å². The van der Waals surface area contributed by atoms with Crippen molar-refractivity contribution in [2.45, 2.75) is 58.4 Å². The van der Waals surface area contributed by atoms with Crippen LogP contribution in [-0.2, 0) is 14.8 Å². The van der Waals surface area contributed by atoms with Gasteiger partial charge in [0, 0.05) is 19.6 Å². The van der Waals surface area contributed by atoms with Crippen LogP contribution in [0.4, 0.5) is 0 Å². The Morgan fingerprint density at radius 2 is 1.81 bits per heavy atom. The predicted molar refractivity (Wildman–Crippen MR) is 83.4 cm³/mol. The Bertz CT molecular complexity index is 456. The van der Waals surface area contributed by atoms with Crippen molar-refractivity contribution in [2.75, 3.05) is 25.4 Å². The van der Waals surface area contributed by atoms with E-state index in [-0.39, 0.29) is 11.7 Å². The Morgan fingerprint density at radius 1 is 1.14 bits per heavy atom. The van der Waals surface area contributed by atoms with Crippen LogP contribution in [0.2, 0.25) is 0 Å². The van der Waals surface area contributed by atoms with E-state index in [9.17, 15) is 13.2 Å². The minimum atomic E-state index is -3.28.